The summed E-state index contributed by atoms with van der Waals surface area (Å²) in [4.78, 5) is 22.1. The van der Waals surface area contributed by atoms with Gasteiger partial charge in [-0.05, 0) is 68.1 Å². The minimum Gasteiger partial charge on any atom is -0.428 e. The molecular formula is C27H35FN4O2. The average molecular weight is 467 g/mol. The van der Waals surface area contributed by atoms with Crippen LogP contribution in [0.15, 0.2) is 16.5 Å². The standard InChI is InChI=1S/C27H35FN4O2/c1-4-22-23(30-26(34-22)31-14-27(5-2,6-3)15-31)25(33)29-19-10-16-7-8-32(24(16)21(28)13-19)20-11-17-9-18(17)12-20/h10,13,17-18,20H,4-9,11-12,14-15H2,1-3H3,(H,29,33). The van der Waals surface area contributed by atoms with Crippen LogP contribution in [0.5, 0.6) is 0 Å². The van der Waals surface area contributed by atoms with Gasteiger partial charge in [-0.1, -0.05) is 20.8 Å². The zero-order chi connectivity index (χ0) is 23.6. The van der Waals surface area contributed by atoms with Crippen molar-refractivity contribution in [1.29, 1.82) is 0 Å². The van der Waals surface area contributed by atoms with Gasteiger partial charge in [-0.3, -0.25) is 4.79 Å². The van der Waals surface area contributed by atoms with E-state index in [1.54, 1.807) is 0 Å². The lowest BCUT2D eigenvalue weighted by Crippen LogP contribution is -2.56. The smallest absolute Gasteiger partial charge is 0.298 e. The van der Waals surface area contributed by atoms with Gasteiger partial charge < -0.3 is 19.5 Å². The Hall–Kier alpha value is -2.57. The number of nitrogens with one attached hydrogen (secondary N) is 1. The summed E-state index contributed by atoms with van der Waals surface area (Å²) < 4.78 is 21.2. The second-order valence-corrected chi connectivity index (χ2v) is 10.9. The highest BCUT2D eigenvalue weighted by Gasteiger charge is 2.48. The van der Waals surface area contributed by atoms with E-state index in [0.717, 1.165) is 62.0 Å². The summed E-state index contributed by atoms with van der Waals surface area (Å²) in [7, 11) is 0. The number of nitrogens with zero attached hydrogens (tertiary/aromatic N) is 3. The molecule has 2 saturated carbocycles. The van der Waals surface area contributed by atoms with Gasteiger partial charge in [0.15, 0.2) is 5.69 Å². The fraction of sp³-hybridized carbons (Fsp3) is 0.630. The normalized spacial score (nSPS) is 26.3. The van der Waals surface area contributed by atoms with Crippen LogP contribution in [-0.4, -0.2) is 36.6 Å². The minimum atomic E-state index is -0.338. The topological polar surface area (TPSA) is 61.6 Å². The van der Waals surface area contributed by atoms with Gasteiger partial charge in [-0.15, -0.1) is 0 Å². The number of oxazole rings is 1. The van der Waals surface area contributed by atoms with Crippen LogP contribution in [0.3, 0.4) is 0 Å². The molecule has 0 bridgehead atoms. The maximum absolute atomic E-state index is 15.2. The van der Waals surface area contributed by atoms with Gasteiger partial charge in [-0.25, -0.2) is 4.39 Å². The number of rotatable bonds is 7. The molecule has 7 heteroatoms. The summed E-state index contributed by atoms with van der Waals surface area (Å²) in [5.41, 5.74) is 2.84. The first kappa shape index (κ1) is 21.9. The molecule has 4 aliphatic rings. The number of aryl methyl sites for hydroxylation is 1. The zero-order valence-electron chi connectivity index (χ0n) is 20.5. The highest BCUT2D eigenvalue weighted by Crippen LogP contribution is 2.54. The molecule has 1 N–H and O–H groups in total. The minimum absolute atomic E-state index is 0.238. The largest absolute Gasteiger partial charge is 0.428 e. The van der Waals surface area contributed by atoms with E-state index in [4.69, 9.17) is 4.42 Å². The number of aromatic nitrogens is 1. The van der Waals surface area contributed by atoms with Crippen molar-refractivity contribution in [3.63, 3.8) is 0 Å². The van der Waals surface area contributed by atoms with Crippen molar-refractivity contribution in [3.8, 4) is 0 Å². The summed E-state index contributed by atoms with van der Waals surface area (Å²) in [6, 6.07) is 4.39. The number of anilines is 3. The molecule has 1 amide bonds. The van der Waals surface area contributed by atoms with Crippen molar-refractivity contribution in [2.75, 3.05) is 34.8 Å². The molecule has 6 rings (SSSR count). The Morgan fingerprint density at radius 3 is 2.59 bits per heavy atom. The van der Waals surface area contributed by atoms with Crippen molar-refractivity contribution >= 4 is 23.3 Å². The number of carbonyl (C=O) groups is 1. The molecule has 34 heavy (non-hydrogen) atoms. The second kappa shape index (κ2) is 7.99. The lowest BCUT2D eigenvalue weighted by molar-refractivity contribution is 0.102. The SMILES string of the molecule is CCc1oc(N2CC(CC)(CC)C2)nc1C(=O)Nc1cc(F)c2c(c1)CCN2C1CC2CC2C1. The molecular weight excluding hydrogens is 431 g/mol. The summed E-state index contributed by atoms with van der Waals surface area (Å²) in [5.74, 6) is 1.73. The van der Waals surface area contributed by atoms with Crippen LogP contribution in [0.4, 0.5) is 21.8 Å². The van der Waals surface area contributed by atoms with E-state index in [1.165, 1.54) is 25.3 Å². The van der Waals surface area contributed by atoms with Crippen molar-refractivity contribution < 1.29 is 13.6 Å². The molecule has 2 aromatic rings. The molecule has 3 fully saturated rings. The van der Waals surface area contributed by atoms with E-state index >= 15 is 4.39 Å². The van der Waals surface area contributed by atoms with Gasteiger partial charge in [-0.2, -0.15) is 4.98 Å². The Labute approximate surface area is 200 Å². The number of hydrogen-bond donors (Lipinski definition) is 1. The van der Waals surface area contributed by atoms with Gasteiger partial charge in [0.2, 0.25) is 0 Å². The van der Waals surface area contributed by atoms with E-state index in [0.29, 0.717) is 41.0 Å². The van der Waals surface area contributed by atoms with E-state index in [2.05, 4.69) is 33.9 Å². The molecule has 0 spiro atoms. The number of hydrogen-bond acceptors (Lipinski definition) is 5. The summed E-state index contributed by atoms with van der Waals surface area (Å²) in [6.45, 7) is 9.07. The van der Waals surface area contributed by atoms with Gasteiger partial charge in [0.1, 0.15) is 11.6 Å². The third-order valence-electron chi connectivity index (χ3n) is 9.01. The molecule has 2 atom stereocenters. The fourth-order valence-electron chi connectivity index (χ4n) is 6.57. The van der Waals surface area contributed by atoms with Gasteiger partial charge in [0.05, 0.1) is 5.69 Å². The van der Waals surface area contributed by atoms with Crippen LogP contribution in [0, 0.1) is 23.1 Å². The van der Waals surface area contributed by atoms with Crippen LogP contribution >= 0.6 is 0 Å². The Morgan fingerprint density at radius 2 is 1.91 bits per heavy atom. The van der Waals surface area contributed by atoms with Crippen LogP contribution in [0.25, 0.3) is 0 Å². The predicted octanol–water partition coefficient (Wildman–Crippen LogP) is 5.42. The maximum atomic E-state index is 15.2. The third kappa shape index (κ3) is 3.50. The monoisotopic (exact) mass is 466 g/mol. The quantitative estimate of drug-likeness (QED) is 0.591. The van der Waals surface area contributed by atoms with Crippen molar-refractivity contribution in [2.24, 2.45) is 17.3 Å². The van der Waals surface area contributed by atoms with Crippen molar-refractivity contribution in [3.05, 3.63) is 35.0 Å². The highest BCUT2D eigenvalue weighted by atomic mass is 19.1. The lowest BCUT2D eigenvalue weighted by Gasteiger charge is -2.48. The molecule has 1 aromatic carbocycles. The Morgan fingerprint density at radius 1 is 1.18 bits per heavy atom. The fourth-order valence-corrected chi connectivity index (χ4v) is 6.57. The molecule has 3 heterocycles. The predicted molar refractivity (Wildman–Crippen MR) is 131 cm³/mol. The average Bonchev–Trinajstić information content (AvgIpc) is 3.17. The van der Waals surface area contributed by atoms with Crippen LogP contribution in [0.2, 0.25) is 0 Å². The second-order valence-electron chi connectivity index (χ2n) is 10.9. The van der Waals surface area contributed by atoms with Gasteiger partial charge in [0, 0.05) is 43.2 Å². The van der Waals surface area contributed by atoms with Crippen LogP contribution in [0.1, 0.15) is 74.7 Å². The van der Waals surface area contributed by atoms with Crippen molar-refractivity contribution in [2.45, 2.75) is 71.8 Å². The molecule has 2 aliphatic heterocycles. The Bertz CT molecular complexity index is 1110. The first-order valence-electron chi connectivity index (χ1n) is 13.1. The Balaban J connectivity index is 1.18. The Kier molecular flexibility index (Phi) is 5.15. The molecule has 1 aromatic heterocycles. The highest BCUT2D eigenvalue weighted by molar-refractivity contribution is 6.04. The number of carbonyl (C=O) groups excluding carboxylic acids is 1. The molecule has 6 nitrogen and oxygen atoms in total. The van der Waals surface area contributed by atoms with E-state index < -0.39 is 0 Å². The zero-order valence-corrected chi connectivity index (χ0v) is 20.5. The summed E-state index contributed by atoms with van der Waals surface area (Å²) in [5, 5.41) is 2.89. The van der Waals surface area contributed by atoms with Crippen LogP contribution < -0.4 is 15.1 Å². The van der Waals surface area contributed by atoms with E-state index in [9.17, 15) is 4.79 Å². The summed E-state index contributed by atoms with van der Waals surface area (Å²) in [6.07, 6.45) is 7.41. The van der Waals surface area contributed by atoms with Crippen molar-refractivity contribution in [1.82, 2.24) is 4.98 Å². The van der Waals surface area contributed by atoms with Crippen LogP contribution in [-0.2, 0) is 12.8 Å². The molecule has 182 valence electrons. The number of benzene rings is 1. The lowest BCUT2D eigenvalue weighted by atomic mass is 9.75. The number of fused-ring (bicyclic) bond motifs is 2. The van der Waals surface area contributed by atoms with E-state index in [1.807, 2.05) is 13.0 Å². The number of halogens is 1. The van der Waals surface area contributed by atoms with Gasteiger partial charge >= 0.3 is 0 Å². The first-order valence-corrected chi connectivity index (χ1v) is 13.1. The van der Waals surface area contributed by atoms with Gasteiger partial charge in [0.25, 0.3) is 11.9 Å². The molecule has 0 radical (unpaired) electrons. The molecule has 2 aliphatic carbocycles. The summed E-state index contributed by atoms with van der Waals surface area (Å²) >= 11 is 0. The first-order chi connectivity index (χ1) is 16.4. The third-order valence-corrected chi connectivity index (χ3v) is 9.01. The molecule has 1 saturated heterocycles. The van der Waals surface area contributed by atoms with E-state index in [-0.39, 0.29) is 11.7 Å². The maximum Gasteiger partial charge on any atom is 0.298 e. The molecule has 2 unspecified atom stereocenters. The number of amides is 1.